The number of carbonyl (C=O) groups excluding carboxylic acids is 1. The van der Waals surface area contributed by atoms with Crippen molar-refractivity contribution in [2.75, 3.05) is 20.2 Å². The van der Waals surface area contributed by atoms with Crippen molar-refractivity contribution in [2.45, 2.75) is 51.2 Å². The molecular weight excluding hydrogens is 204 g/mol. The van der Waals surface area contributed by atoms with Gasteiger partial charge in [-0.15, -0.1) is 0 Å². The molecule has 0 aliphatic carbocycles. The zero-order chi connectivity index (χ0) is 12.0. The molecule has 1 aliphatic rings. The molecule has 0 bridgehead atoms. The van der Waals surface area contributed by atoms with E-state index < -0.39 is 5.60 Å². The van der Waals surface area contributed by atoms with Gasteiger partial charge in [0.25, 0.3) is 5.91 Å². The Kier molecular flexibility index (Phi) is 5.22. The maximum atomic E-state index is 11.7. The standard InChI is InChI=1S/C12H24N2O2/c1-12(2,16-3)11(15)14-9-7-10-6-4-5-8-13-10/h10,13H,4-9H2,1-3H3,(H,14,15). The minimum atomic E-state index is -0.722. The largest absolute Gasteiger partial charge is 0.369 e. The highest BCUT2D eigenvalue weighted by atomic mass is 16.5. The van der Waals surface area contributed by atoms with Gasteiger partial charge in [0.15, 0.2) is 0 Å². The third-order valence-corrected chi connectivity index (χ3v) is 3.25. The van der Waals surface area contributed by atoms with Gasteiger partial charge in [0.2, 0.25) is 0 Å². The van der Waals surface area contributed by atoms with Gasteiger partial charge in [-0.2, -0.15) is 0 Å². The molecule has 1 fully saturated rings. The fourth-order valence-electron chi connectivity index (χ4n) is 1.84. The van der Waals surface area contributed by atoms with E-state index in [4.69, 9.17) is 4.74 Å². The van der Waals surface area contributed by atoms with Crippen molar-refractivity contribution >= 4 is 5.91 Å². The SMILES string of the molecule is COC(C)(C)C(=O)NCCC1CCCCN1. The number of methoxy groups -OCH3 is 1. The molecule has 4 heteroatoms. The number of hydrogen-bond donors (Lipinski definition) is 2. The summed E-state index contributed by atoms with van der Waals surface area (Å²) in [6.45, 7) is 5.40. The number of carbonyl (C=O) groups is 1. The first-order valence-electron chi connectivity index (χ1n) is 6.13. The van der Waals surface area contributed by atoms with E-state index >= 15 is 0 Å². The van der Waals surface area contributed by atoms with E-state index in [-0.39, 0.29) is 5.91 Å². The average Bonchev–Trinajstić information content (AvgIpc) is 2.30. The predicted octanol–water partition coefficient (Wildman–Crippen LogP) is 1.06. The molecule has 94 valence electrons. The Morgan fingerprint density at radius 1 is 1.50 bits per heavy atom. The van der Waals surface area contributed by atoms with E-state index in [0.717, 1.165) is 19.5 Å². The Morgan fingerprint density at radius 2 is 2.25 bits per heavy atom. The molecule has 1 rings (SSSR count). The van der Waals surface area contributed by atoms with E-state index in [1.807, 2.05) is 0 Å². The molecule has 0 saturated carbocycles. The zero-order valence-corrected chi connectivity index (χ0v) is 10.6. The highest BCUT2D eigenvalue weighted by Gasteiger charge is 2.26. The summed E-state index contributed by atoms with van der Waals surface area (Å²) in [4.78, 5) is 11.7. The molecular formula is C12H24N2O2. The van der Waals surface area contributed by atoms with Crippen LogP contribution in [0.3, 0.4) is 0 Å². The molecule has 0 spiro atoms. The first kappa shape index (κ1) is 13.5. The van der Waals surface area contributed by atoms with Gasteiger partial charge in [0.1, 0.15) is 5.60 Å². The summed E-state index contributed by atoms with van der Waals surface area (Å²) >= 11 is 0. The van der Waals surface area contributed by atoms with Crippen molar-refractivity contribution in [1.82, 2.24) is 10.6 Å². The summed E-state index contributed by atoms with van der Waals surface area (Å²) in [6.07, 6.45) is 4.81. The molecule has 16 heavy (non-hydrogen) atoms. The summed E-state index contributed by atoms with van der Waals surface area (Å²) in [6, 6.07) is 0.569. The second kappa shape index (κ2) is 6.21. The lowest BCUT2D eigenvalue weighted by atomic mass is 10.0. The predicted molar refractivity (Wildman–Crippen MR) is 64.4 cm³/mol. The van der Waals surface area contributed by atoms with Crippen molar-refractivity contribution in [3.8, 4) is 0 Å². The minimum absolute atomic E-state index is 0.0363. The van der Waals surface area contributed by atoms with Crippen LogP contribution in [0.25, 0.3) is 0 Å². The first-order valence-corrected chi connectivity index (χ1v) is 6.13. The van der Waals surface area contributed by atoms with Crippen LogP contribution in [0.4, 0.5) is 0 Å². The number of rotatable bonds is 5. The quantitative estimate of drug-likeness (QED) is 0.740. The van der Waals surface area contributed by atoms with Gasteiger partial charge in [-0.1, -0.05) is 6.42 Å². The normalized spacial score (nSPS) is 21.8. The number of hydrogen-bond acceptors (Lipinski definition) is 3. The summed E-state index contributed by atoms with van der Waals surface area (Å²) in [5.41, 5.74) is -0.722. The Hall–Kier alpha value is -0.610. The van der Waals surface area contributed by atoms with Crippen LogP contribution in [-0.2, 0) is 9.53 Å². The number of nitrogens with one attached hydrogen (secondary N) is 2. The van der Waals surface area contributed by atoms with Crippen molar-refractivity contribution < 1.29 is 9.53 Å². The van der Waals surface area contributed by atoms with E-state index in [9.17, 15) is 4.79 Å². The molecule has 4 nitrogen and oxygen atoms in total. The molecule has 2 N–H and O–H groups in total. The van der Waals surface area contributed by atoms with Crippen LogP contribution in [0.2, 0.25) is 0 Å². The van der Waals surface area contributed by atoms with Crippen LogP contribution in [0.5, 0.6) is 0 Å². The summed E-state index contributed by atoms with van der Waals surface area (Å²) in [5, 5.41) is 6.38. The Morgan fingerprint density at radius 3 is 2.81 bits per heavy atom. The molecule has 1 amide bonds. The first-order chi connectivity index (χ1) is 7.56. The van der Waals surface area contributed by atoms with Crippen LogP contribution in [0, 0.1) is 0 Å². The van der Waals surface area contributed by atoms with Crippen molar-refractivity contribution in [2.24, 2.45) is 0 Å². The molecule has 1 unspecified atom stereocenters. The third kappa shape index (κ3) is 4.10. The smallest absolute Gasteiger partial charge is 0.251 e. The van der Waals surface area contributed by atoms with Crippen molar-refractivity contribution in [3.05, 3.63) is 0 Å². The van der Waals surface area contributed by atoms with Gasteiger partial charge in [0.05, 0.1) is 0 Å². The highest BCUT2D eigenvalue weighted by molar-refractivity contribution is 5.84. The molecule has 0 aromatic rings. The number of amides is 1. The van der Waals surface area contributed by atoms with Gasteiger partial charge in [-0.25, -0.2) is 0 Å². The van der Waals surface area contributed by atoms with E-state index in [0.29, 0.717) is 6.04 Å². The number of piperidine rings is 1. The Labute approximate surface area is 98.1 Å². The molecule has 0 aromatic carbocycles. The molecule has 0 radical (unpaired) electrons. The van der Waals surface area contributed by atoms with Crippen LogP contribution in [-0.4, -0.2) is 37.7 Å². The van der Waals surface area contributed by atoms with Gasteiger partial charge in [-0.05, 0) is 39.7 Å². The fourth-order valence-corrected chi connectivity index (χ4v) is 1.84. The molecule has 1 heterocycles. The molecule has 1 aliphatic heterocycles. The third-order valence-electron chi connectivity index (χ3n) is 3.25. The van der Waals surface area contributed by atoms with E-state index in [1.165, 1.54) is 19.3 Å². The maximum absolute atomic E-state index is 11.7. The molecule has 0 aromatic heterocycles. The highest BCUT2D eigenvalue weighted by Crippen LogP contribution is 2.10. The second-order valence-electron chi connectivity index (χ2n) is 4.91. The van der Waals surface area contributed by atoms with Crippen molar-refractivity contribution in [1.29, 1.82) is 0 Å². The summed E-state index contributed by atoms with van der Waals surface area (Å²) < 4.78 is 5.11. The van der Waals surface area contributed by atoms with Gasteiger partial charge < -0.3 is 15.4 Å². The number of ether oxygens (including phenoxy) is 1. The van der Waals surface area contributed by atoms with Crippen LogP contribution in [0.15, 0.2) is 0 Å². The Balaban J connectivity index is 2.17. The molecule has 1 saturated heterocycles. The summed E-state index contributed by atoms with van der Waals surface area (Å²) in [7, 11) is 1.56. The summed E-state index contributed by atoms with van der Waals surface area (Å²) in [5.74, 6) is -0.0363. The van der Waals surface area contributed by atoms with Crippen LogP contribution >= 0.6 is 0 Å². The second-order valence-corrected chi connectivity index (χ2v) is 4.91. The maximum Gasteiger partial charge on any atom is 0.251 e. The van der Waals surface area contributed by atoms with Crippen LogP contribution < -0.4 is 10.6 Å². The van der Waals surface area contributed by atoms with Gasteiger partial charge in [-0.3, -0.25) is 4.79 Å². The van der Waals surface area contributed by atoms with Crippen molar-refractivity contribution in [3.63, 3.8) is 0 Å². The van der Waals surface area contributed by atoms with Crippen LogP contribution in [0.1, 0.15) is 39.5 Å². The zero-order valence-electron chi connectivity index (χ0n) is 10.6. The Bertz CT molecular complexity index is 223. The minimum Gasteiger partial charge on any atom is -0.369 e. The topological polar surface area (TPSA) is 50.4 Å². The lowest BCUT2D eigenvalue weighted by molar-refractivity contribution is -0.139. The van der Waals surface area contributed by atoms with E-state index in [1.54, 1.807) is 21.0 Å². The van der Waals surface area contributed by atoms with Gasteiger partial charge in [0, 0.05) is 19.7 Å². The average molecular weight is 228 g/mol. The molecule has 1 atom stereocenters. The lowest BCUT2D eigenvalue weighted by Gasteiger charge is -2.25. The van der Waals surface area contributed by atoms with Gasteiger partial charge >= 0.3 is 0 Å². The fraction of sp³-hybridized carbons (Fsp3) is 0.917. The lowest BCUT2D eigenvalue weighted by Crippen LogP contribution is -2.45. The monoisotopic (exact) mass is 228 g/mol. The van der Waals surface area contributed by atoms with E-state index in [2.05, 4.69) is 10.6 Å².